The third-order valence-corrected chi connectivity index (χ3v) is 5.15. The molecule has 21 heavy (non-hydrogen) atoms. The summed E-state index contributed by atoms with van der Waals surface area (Å²) < 4.78 is 30.9. The van der Waals surface area contributed by atoms with E-state index < -0.39 is 10.0 Å². The van der Waals surface area contributed by atoms with E-state index in [-0.39, 0.29) is 4.90 Å². The van der Waals surface area contributed by atoms with Gasteiger partial charge in [-0.25, -0.2) is 12.7 Å². The number of thiocarbonyl (C=S) groups is 1. The third kappa shape index (κ3) is 3.84. The fraction of sp³-hybridized carbons (Fsp3) is 0.462. The van der Waals surface area contributed by atoms with Crippen LogP contribution in [0.5, 0.6) is 5.75 Å². The molecule has 1 fully saturated rings. The minimum absolute atomic E-state index is 0.106. The minimum atomic E-state index is -3.58. The first-order chi connectivity index (χ1) is 9.84. The summed E-state index contributed by atoms with van der Waals surface area (Å²) in [5, 5.41) is 6.64. The largest absolute Gasteiger partial charge is 0.495 e. The fourth-order valence-electron chi connectivity index (χ4n) is 1.73. The molecule has 2 N–H and O–H groups in total. The molecule has 0 unspecified atom stereocenters. The van der Waals surface area contributed by atoms with E-state index in [0.29, 0.717) is 22.6 Å². The first kappa shape index (κ1) is 16.0. The standard InChI is InChI=1S/C13H19N3O3S2/c1-16(2)21(17,18)12-8-10(6-7-11(12)19-3)15-13(20)14-9-4-5-9/h6-9H,4-5H2,1-3H3,(H2,14,15,20). The predicted octanol–water partition coefficient (Wildman–Crippen LogP) is 1.39. The Morgan fingerprint density at radius 1 is 1.38 bits per heavy atom. The van der Waals surface area contributed by atoms with Crippen molar-refractivity contribution in [3.8, 4) is 5.75 Å². The Labute approximate surface area is 130 Å². The number of nitrogens with zero attached hydrogens (tertiary/aromatic N) is 1. The second-order valence-electron chi connectivity index (χ2n) is 5.03. The lowest BCUT2D eigenvalue weighted by Gasteiger charge is -2.16. The minimum Gasteiger partial charge on any atom is -0.495 e. The van der Waals surface area contributed by atoms with E-state index in [0.717, 1.165) is 17.1 Å². The molecule has 1 aromatic carbocycles. The van der Waals surface area contributed by atoms with Gasteiger partial charge in [0.25, 0.3) is 0 Å². The molecule has 0 bridgehead atoms. The highest BCUT2D eigenvalue weighted by molar-refractivity contribution is 7.89. The van der Waals surface area contributed by atoms with Crippen molar-refractivity contribution in [2.24, 2.45) is 0 Å². The summed E-state index contributed by atoms with van der Waals surface area (Å²) >= 11 is 5.19. The molecule has 0 radical (unpaired) electrons. The molecule has 0 atom stereocenters. The SMILES string of the molecule is COc1ccc(NC(=S)NC2CC2)cc1S(=O)(=O)N(C)C. The van der Waals surface area contributed by atoms with Gasteiger partial charge in [0.1, 0.15) is 10.6 Å². The van der Waals surface area contributed by atoms with Crippen LogP contribution >= 0.6 is 12.2 Å². The number of ether oxygens (including phenoxy) is 1. The summed E-state index contributed by atoms with van der Waals surface area (Å²) in [5.41, 5.74) is 0.606. The smallest absolute Gasteiger partial charge is 0.246 e. The molecular formula is C13H19N3O3S2. The van der Waals surface area contributed by atoms with Gasteiger partial charge >= 0.3 is 0 Å². The second-order valence-corrected chi connectivity index (χ2v) is 7.55. The normalized spacial score (nSPS) is 14.9. The van der Waals surface area contributed by atoms with Crippen LogP contribution in [0.2, 0.25) is 0 Å². The average molecular weight is 329 g/mol. The van der Waals surface area contributed by atoms with Gasteiger partial charge < -0.3 is 15.4 Å². The number of anilines is 1. The van der Waals surface area contributed by atoms with E-state index in [2.05, 4.69) is 10.6 Å². The first-order valence-electron chi connectivity index (χ1n) is 6.52. The summed E-state index contributed by atoms with van der Waals surface area (Å²) in [7, 11) is 0.818. The number of sulfonamides is 1. The molecule has 0 saturated heterocycles. The van der Waals surface area contributed by atoms with Gasteiger partial charge in [0.05, 0.1) is 7.11 Å². The number of methoxy groups -OCH3 is 1. The van der Waals surface area contributed by atoms with Crippen LogP contribution in [0.4, 0.5) is 5.69 Å². The summed E-state index contributed by atoms with van der Waals surface area (Å²) in [6.45, 7) is 0. The Kier molecular flexibility index (Phi) is 4.70. The number of hydrogen-bond donors (Lipinski definition) is 2. The fourth-order valence-corrected chi connectivity index (χ4v) is 3.09. The van der Waals surface area contributed by atoms with Crippen LogP contribution in [-0.4, -0.2) is 45.1 Å². The van der Waals surface area contributed by atoms with Gasteiger partial charge in [-0.1, -0.05) is 0 Å². The average Bonchev–Trinajstić information content (AvgIpc) is 3.22. The van der Waals surface area contributed by atoms with Crippen molar-refractivity contribution in [2.45, 2.75) is 23.8 Å². The van der Waals surface area contributed by atoms with Crippen LogP contribution in [0.1, 0.15) is 12.8 Å². The molecule has 1 aliphatic carbocycles. The Balaban J connectivity index is 2.26. The van der Waals surface area contributed by atoms with Crippen LogP contribution in [0.15, 0.2) is 23.1 Å². The van der Waals surface area contributed by atoms with Crippen molar-refractivity contribution in [2.75, 3.05) is 26.5 Å². The van der Waals surface area contributed by atoms with Gasteiger partial charge in [0.2, 0.25) is 10.0 Å². The van der Waals surface area contributed by atoms with Crippen molar-refractivity contribution in [1.29, 1.82) is 0 Å². The van der Waals surface area contributed by atoms with Gasteiger partial charge in [-0.3, -0.25) is 0 Å². The lowest BCUT2D eigenvalue weighted by Crippen LogP contribution is -2.30. The number of hydrogen-bond acceptors (Lipinski definition) is 4. The van der Waals surface area contributed by atoms with Gasteiger partial charge in [0.15, 0.2) is 5.11 Å². The van der Waals surface area contributed by atoms with Crippen LogP contribution in [0, 0.1) is 0 Å². The summed E-state index contributed by atoms with van der Waals surface area (Å²) in [5.74, 6) is 0.301. The highest BCUT2D eigenvalue weighted by Crippen LogP contribution is 2.29. The van der Waals surface area contributed by atoms with Gasteiger partial charge in [-0.15, -0.1) is 0 Å². The van der Waals surface area contributed by atoms with Crippen molar-refractivity contribution >= 4 is 33.0 Å². The van der Waals surface area contributed by atoms with E-state index >= 15 is 0 Å². The highest BCUT2D eigenvalue weighted by Gasteiger charge is 2.24. The summed E-state index contributed by atoms with van der Waals surface area (Å²) in [6, 6.07) is 5.30. The van der Waals surface area contributed by atoms with Crippen LogP contribution in [0.25, 0.3) is 0 Å². The number of benzene rings is 1. The maximum atomic E-state index is 12.3. The van der Waals surface area contributed by atoms with E-state index in [1.165, 1.54) is 27.3 Å². The third-order valence-electron chi connectivity index (χ3n) is 3.09. The Hall–Kier alpha value is -1.38. The molecule has 0 spiro atoms. The Morgan fingerprint density at radius 2 is 2.05 bits per heavy atom. The topological polar surface area (TPSA) is 70.7 Å². The quantitative estimate of drug-likeness (QED) is 0.796. The monoisotopic (exact) mass is 329 g/mol. The van der Waals surface area contributed by atoms with Crippen molar-refractivity contribution < 1.29 is 13.2 Å². The maximum Gasteiger partial charge on any atom is 0.246 e. The molecule has 0 aliphatic heterocycles. The summed E-state index contributed by atoms with van der Waals surface area (Å²) in [6.07, 6.45) is 2.23. The van der Waals surface area contributed by atoms with E-state index in [1.54, 1.807) is 12.1 Å². The van der Waals surface area contributed by atoms with Crippen LogP contribution < -0.4 is 15.4 Å². The molecule has 6 nitrogen and oxygen atoms in total. The van der Waals surface area contributed by atoms with Crippen LogP contribution in [0.3, 0.4) is 0 Å². The zero-order valence-corrected chi connectivity index (χ0v) is 13.8. The van der Waals surface area contributed by atoms with Crippen molar-refractivity contribution in [3.05, 3.63) is 18.2 Å². The van der Waals surface area contributed by atoms with Crippen LogP contribution in [-0.2, 0) is 10.0 Å². The molecule has 2 rings (SSSR count). The first-order valence-corrected chi connectivity index (χ1v) is 8.37. The molecule has 0 heterocycles. The molecule has 8 heteroatoms. The molecule has 1 aliphatic rings. The van der Waals surface area contributed by atoms with Crippen molar-refractivity contribution in [3.63, 3.8) is 0 Å². The zero-order valence-electron chi connectivity index (χ0n) is 12.2. The van der Waals surface area contributed by atoms with Crippen molar-refractivity contribution in [1.82, 2.24) is 9.62 Å². The van der Waals surface area contributed by atoms with E-state index in [1.807, 2.05) is 0 Å². The molecule has 0 amide bonds. The number of nitrogens with one attached hydrogen (secondary N) is 2. The Morgan fingerprint density at radius 3 is 2.57 bits per heavy atom. The van der Waals surface area contributed by atoms with E-state index in [9.17, 15) is 8.42 Å². The second kappa shape index (κ2) is 6.17. The summed E-state index contributed by atoms with van der Waals surface area (Å²) in [4.78, 5) is 0.106. The molecular weight excluding hydrogens is 310 g/mol. The van der Waals surface area contributed by atoms with Gasteiger partial charge in [0, 0.05) is 25.8 Å². The Bertz CT molecular complexity index is 640. The lowest BCUT2D eigenvalue weighted by atomic mass is 10.3. The maximum absolute atomic E-state index is 12.3. The molecule has 1 aromatic rings. The highest BCUT2D eigenvalue weighted by atomic mass is 32.2. The molecule has 0 aromatic heterocycles. The van der Waals surface area contributed by atoms with E-state index in [4.69, 9.17) is 17.0 Å². The van der Waals surface area contributed by atoms with Gasteiger partial charge in [-0.2, -0.15) is 0 Å². The molecule has 116 valence electrons. The predicted molar refractivity (Wildman–Crippen MR) is 86.2 cm³/mol. The lowest BCUT2D eigenvalue weighted by molar-refractivity contribution is 0.400. The van der Waals surface area contributed by atoms with Gasteiger partial charge in [-0.05, 0) is 43.3 Å². The zero-order chi connectivity index (χ0) is 15.6. The number of rotatable bonds is 5. The molecule has 1 saturated carbocycles.